The second kappa shape index (κ2) is 7.79. The number of pyridine rings is 1. The number of aliphatic hydroxyl groups is 1. The summed E-state index contributed by atoms with van der Waals surface area (Å²) in [5.41, 5.74) is 1.19. The number of aromatic nitrogens is 1. The van der Waals surface area contributed by atoms with E-state index in [2.05, 4.69) is 16.5 Å². The normalized spacial score (nSPS) is 28.7. The van der Waals surface area contributed by atoms with Crippen molar-refractivity contribution in [2.45, 2.75) is 25.0 Å². The van der Waals surface area contributed by atoms with Crippen LogP contribution in [0.2, 0.25) is 0 Å². The van der Waals surface area contributed by atoms with Gasteiger partial charge in [-0.25, -0.2) is 4.98 Å². The van der Waals surface area contributed by atoms with Crippen LogP contribution < -0.4 is 8.92 Å². The molecule has 1 aromatic heterocycles. The molecule has 3 unspecified atom stereocenters. The number of benzene rings is 1. The van der Waals surface area contributed by atoms with Gasteiger partial charge in [0.25, 0.3) is 0 Å². The molecule has 2 aromatic rings. The van der Waals surface area contributed by atoms with Crippen molar-refractivity contribution in [2.75, 3.05) is 20.2 Å². The molecule has 3 aliphatic heterocycles. The number of hydrogen-bond acceptors (Lipinski definition) is 6. The van der Waals surface area contributed by atoms with Crippen LogP contribution in [-0.2, 0) is 11.4 Å². The van der Waals surface area contributed by atoms with Crippen molar-refractivity contribution in [2.24, 2.45) is 11.8 Å². The van der Waals surface area contributed by atoms with Crippen molar-refractivity contribution in [3.63, 3.8) is 0 Å². The molecule has 3 aliphatic rings. The number of nitrogens with zero attached hydrogens (tertiary/aromatic N) is 2. The summed E-state index contributed by atoms with van der Waals surface area (Å²) in [6.07, 6.45) is 3.24. The Balaban J connectivity index is 1.75. The molecule has 3 saturated heterocycles. The van der Waals surface area contributed by atoms with E-state index >= 15 is 0 Å². The van der Waals surface area contributed by atoms with Gasteiger partial charge < -0.3 is 14.0 Å². The van der Waals surface area contributed by atoms with Gasteiger partial charge in [0.15, 0.2) is 0 Å². The SMILES string of the molecule is C=C[C@H]1CN2CCC1C[C@H]2[C@H](O)c1cc(OS(=O)O)nc2ccc(OC)cc12. The van der Waals surface area contributed by atoms with Gasteiger partial charge in [0.2, 0.25) is 5.88 Å². The molecular weight excluding hydrogens is 380 g/mol. The topological polar surface area (TPSA) is 92.1 Å². The van der Waals surface area contributed by atoms with E-state index in [0.29, 0.717) is 28.7 Å². The molecule has 0 aliphatic carbocycles. The van der Waals surface area contributed by atoms with Crippen LogP contribution in [0.1, 0.15) is 24.5 Å². The van der Waals surface area contributed by atoms with Gasteiger partial charge in [0, 0.05) is 24.0 Å². The molecule has 28 heavy (non-hydrogen) atoms. The van der Waals surface area contributed by atoms with Crippen LogP contribution in [0.5, 0.6) is 11.6 Å². The molecule has 3 fully saturated rings. The highest BCUT2D eigenvalue weighted by Gasteiger charge is 2.42. The third-order valence-corrected chi connectivity index (χ3v) is 6.33. The van der Waals surface area contributed by atoms with Gasteiger partial charge in [-0.3, -0.25) is 9.45 Å². The van der Waals surface area contributed by atoms with Gasteiger partial charge in [0.05, 0.1) is 18.7 Å². The molecule has 4 heterocycles. The zero-order valence-corrected chi connectivity index (χ0v) is 16.5. The molecule has 0 saturated carbocycles. The summed E-state index contributed by atoms with van der Waals surface area (Å²) in [5.74, 6) is 1.64. The minimum absolute atomic E-state index is 0.00693. The Morgan fingerprint density at radius 1 is 1.43 bits per heavy atom. The fourth-order valence-electron chi connectivity index (χ4n) is 4.61. The molecule has 2 bridgehead atoms. The molecule has 0 radical (unpaired) electrons. The summed E-state index contributed by atoms with van der Waals surface area (Å²) in [6, 6.07) is 6.85. The number of rotatable bonds is 6. The zero-order chi connectivity index (χ0) is 19.8. The predicted molar refractivity (Wildman–Crippen MR) is 106 cm³/mol. The van der Waals surface area contributed by atoms with Crippen LogP contribution in [0.3, 0.4) is 0 Å². The van der Waals surface area contributed by atoms with E-state index in [1.807, 2.05) is 12.1 Å². The Hall–Kier alpha value is -2.00. The third-order valence-electron chi connectivity index (χ3n) is 6.02. The van der Waals surface area contributed by atoms with Crippen molar-refractivity contribution < 1.29 is 22.8 Å². The van der Waals surface area contributed by atoms with E-state index in [4.69, 9.17) is 13.5 Å². The van der Waals surface area contributed by atoms with Crippen LogP contribution in [-0.4, -0.2) is 50.0 Å². The molecule has 150 valence electrons. The fraction of sp³-hybridized carbons (Fsp3) is 0.450. The average molecular weight is 404 g/mol. The van der Waals surface area contributed by atoms with Crippen molar-refractivity contribution in [3.8, 4) is 11.6 Å². The lowest BCUT2D eigenvalue weighted by Crippen LogP contribution is -2.54. The van der Waals surface area contributed by atoms with Crippen molar-refractivity contribution in [1.29, 1.82) is 0 Å². The molecular formula is C20H24N2O5S. The summed E-state index contributed by atoms with van der Waals surface area (Å²) in [4.78, 5) is 6.60. The average Bonchev–Trinajstić information content (AvgIpc) is 2.72. The number of methoxy groups -OCH3 is 1. The maximum Gasteiger partial charge on any atom is 0.359 e. The Kier molecular flexibility index (Phi) is 5.37. The lowest BCUT2D eigenvalue weighted by Gasteiger charge is -2.50. The summed E-state index contributed by atoms with van der Waals surface area (Å²) < 4.78 is 30.4. The smallest absolute Gasteiger partial charge is 0.359 e. The molecule has 0 spiro atoms. The monoisotopic (exact) mass is 404 g/mol. The lowest BCUT2D eigenvalue weighted by atomic mass is 9.73. The summed E-state index contributed by atoms with van der Waals surface area (Å²) in [6.45, 7) is 5.80. The second-order valence-electron chi connectivity index (χ2n) is 7.42. The highest BCUT2D eigenvalue weighted by atomic mass is 32.2. The van der Waals surface area contributed by atoms with E-state index in [1.165, 1.54) is 0 Å². The zero-order valence-electron chi connectivity index (χ0n) is 15.7. The highest BCUT2D eigenvalue weighted by Crippen LogP contribution is 2.42. The summed E-state index contributed by atoms with van der Waals surface area (Å²) in [5, 5.41) is 12.1. The van der Waals surface area contributed by atoms with Gasteiger partial charge in [-0.05, 0) is 55.0 Å². The van der Waals surface area contributed by atoms with Crippen LogP contribution in [0.4, 0.5) is 0 Å². The highest BCUT2D eigenvalue weighted by molar-refractivity contribution is 7.74. The minimum atomic E-state index is -2.49. The van der Waals surface area contributed by atoms with E-state index in [9.17, 15) is 9.32 Å². The van der Waals surface area contributed by atoms with Gasteiger partial charge in [0.1, 0.15) is 5.75 Å². The number of fused-ring (bicyclic) bond motifs is 4. The quantitative estimate of drug-likeness (QED) is 0.565. The van der Waals surface area contributed by atoms with E-state index in [0.717, 1.165) is 31.3 Å². The molecule has 1 aromatic carbocycles. The predicted octanol–water partition coefficient (Wildman–Crippen LogP) is 2.69. The van der Waals surface area contributed by atoms with Gasteiger partial charge in [-0.15, -0.1) is 6.58 Å². The first kappa shape index (κ1) is 19.3. The Morgan fingerprint density at radius 2 is 2.25 bits per heavy atom. The number of aliphatic hydroxyl groups excluding tert-OH is 1. The summed E-state index contributed by atoms with van der Waals surface area (Å²) >= 11 is -2.49. The lowest BCUT2D eigenvalue weighted by molar-refractivity contribution is -0.0445. The van der Waals surface area contributed by atoms with Gasteiger partial charge in [-0.1, -0.05) is 6.08 Å². The Morgan fingerprint density at radius 3 is 2.89 bits per heavy atom. The number of hydrogen-bond donors (Lipinski definition) is 2. The fourth-order valence-corrected chi connectivity index (χ4v) is 4.84. The van der Waals surface area contributed by atoms with Crippen molar-refractivity contribution in [1.82, 2.24) is 9.88 Å². The van der Waals surface area contributed by atoms with Crippen LogP contribution in [0.15, 0.2) is 36.9 Å². The summed E-state index contributed by atoms with van der Waals surface area (Å²) in [7, 11) is 1.58. The standard InChI is InChI=1S/C20H24N2O5S/c1-3-12-11-22-7-6-13(12)8-18(22)20(23)16-10-19(27-28(24)25)21-17-5-4-14(26-2)9-15(16)17/h3-5,9-10,12-13,18,20,23H,1,6-8,11H2,2H3,(H,24,25)/t12-,13?,18-,20+/m0/s1. The molecule has 7 nitrogen and oxygen atoms in total. The Bertz CT molecular complexity index is 921. The minimum Gasteiger partial charge on any atom is -0.497 e. The number of piperidine rings is 3. The first-order chi connectivity index (χ1) is 13.5. The second-order valence-corrected chi connectivity index (χ2v) is 8.03. The van der Waals surface area contributed by atoms with Crippen LogP contribution >= 0.6 is 0 Å². The van der Waals surface area contributed by atoms with Crippen molar-refractivity contribution >= 4 is 22.3 Å². The largest absolute Gasteiger partial charge is 0.497 e. The van der Waals surface area contributed by atoms with E-state index in [-0.39, 0.29) is 11.9 Å². The van der Waals surface area contributed by atoms with Crippen LogP contribution in [0, 0.1) is 11.8 Å². The number of ether oxygens (including phenoxy) is 1. The van der Waals surface area contributed by atoms with Gasteiger partial charge in [-0.2, -0.15) is 4.21 Å². The molecule has 2 N–H and O–H groups in total. The maximum atomic E-state index is 11.3. The molecule has 5 rings (SSSR count). The van der Waals surface area contributed by atoms with E-state index < -0.39 is 17.5 Å². The molecule has 0 amide bonds. The first-order valence-electron chi connectivity index (χ1n) is 9.32. The Labute approximate surface area is 166 Å². The first-order valence-corrected chi connectivity index (χ1v) is 10.4. The van der Waals surface area contributed by atoms with Crippen LogP contribution in [0.25, 0.3) is 10.9 Å². The third kappa shape index (κ3) is 3.53. The molecule has 6 atom stereocenters. The maximum absolute atomic E-state index is 11.3. The van der Waals surface area contributed by atoms with E-state index in [1.54, 1.807) is 25.3 Å². The van der Waals surface area contributed by atoms with Gasteiger partial charge >= 0.3 is 11.4 Å². The van der Waals surface area contributed by atoms with Crippen molar-refractivity contribution in [3.05, 3.63) is 42.5 Å². The molecule has 8 heteroatoms.